The highest BCUT2D eigenvalue weighted by Gasteiger charge is 2.39. The lowest BCUT2D eigenvalue weighted by molar-refractivity contribution is 0.0549. The van der Waals surface area contributed by atoms with Crippen molar-refractivity contribution in [3.63, 3.8) is 0 Å². The largest absolute Gasteiger partial charge is 0.364 e. The molecule has 0 atom stereocenters. The van der Waals surface area contributed by atoms with Crippen molar-refractivity contribution < 1.29 is 26.8 Å². The molecular weight excluding hydrogens is 391 g/mol. The number of benzene rings is 1. The maximum Gasteiger partial charge on any atom is 0.364 e. The first-order valence-corrected chi connectivity index (χ1v) is 11.7. The Balaban J connectivity index is 3.33. The third-order valence-corrected chi connectivity index (χ3v) is 6.68. The molecule has 154 valence electrons. The summed E-state index contributed by atoms with van der Waals surface area (Å²) < 4.78 is 50.2. The number of carbonyl (C=O) groups excluding carboxylic acids is 1. The van der Waals surface area contributed by atoms with Crippen LogP contribution in [-0.2, 0) is 23.6 Å². The number of anilines is 1. The van der Waals surface area contributed by atoms with Crippen molar-refractivity contribution in [1.29, 1.82) is 0 Å². The second-order valence-electron chi connectivity index (χ2n) is 7.88. The van der Waals surface area contributed by atoms with Crippen molar-refractivity contribution in [3.05, 3.63) is 24.3 Å². The lowest BCUT2D eigenvalue weighted by Crippen LogP contribution is -2.37. The van der Waals surface area contributed by atoms with Gasteiger partial charge < -0.3 is 5.32 Å². The molecular formula is C17H29N2O6PS. The highest BCUT2D eigenvalue weighted by atomic mass is 32.2. The average Bonchev–Trinajstić information content (AvgIpc) is 2.42. The van der Waals surface area contributed by atoms with E-state index in [0.29, 0.717) is 0 Å². The van der Waals surface area contributed by atoms with Crippen molar-refractivity contribution in [2.24, 2.45) is 0 Å². The lowest BCUT2D eigenvalue weighted by Gasteiger charge is -2.32. The summed E-state index contributed by atoms with van der Waals surface area (Å²) in [5.41, 5.74) is -1.44. The predicted molar refractivity (Wildman–Crippen MR) is 107 cm³/mol. The molecule has 0 aliphatic carbocycles. The van der Waals surface area contributed by atoms with Gasteiger partial charge in [-0.3, -0.25) is 13.6 Å². The Hall–Kier alpha value is -1.41. The fourth-order valence-electron chi connectivity index (χ4n) is 2.02. The Labute approximate surface area is 161 Å². The van der Waals surface area contributed by atoms with E-state index in [0.717, 1.165) is 0 Å². The van der Waals surface area contributed by atoms with E-state index in [1.54, 1.807) is 53.7 Å². The minimum atomic E-state index is -3.86. The van der Waals surface area contributed by atoms with Gasteiger partial charge in [0.15, 0.2) is 0 Å². The molecule has 0 saturated carbocycles. The predicted octanol–water partition coefficient (Wildman–Crippen LogP) is 3.61. The summed E-state index contributed by atoms with van der Waals surface area (Å²) in [4.78, 5) is 12.1. The van der Waals surface area contributed by atoms with E-state index in [1.165, 1.54) is 19.1 Å². The molecule has 1 aromatic carbocycles. The summed E-state index contributed by atoms with van der Waals surface area (Å²) in [5.74, 6) is -0.249. The summed E-state index contributed by atoms with van der Waals surface area (Å²) in [6, 6.07) is 5.31. The summed E-state index contributed by atoms with van der Waals surface area (Å²) >= 11 is 0. The van der Waals surface area contributed by atoms with E-state index >= 15 is 0 Å². The molecule has 0 unspecified atom stereocenters. The Kier molecular flexibility index (Phi) is 7.27. The molecule has 0 aliphatic rings. The molecule has 0 saturated heterocycles. The first kappa shape index (κ1) is 23.6. The summed E-state index contributed by atoms with van der Waals surface area (Å²) in [5, 5.41) is 2.55. The van der Waals surface area contributed by atoms with Crippen molar-refractivity contribution >= 4 is 34.6 Å². The fraction of sp³-hybridized carbons (Fsp3) is 0.588. The van der Waals surface area contributed by atoms with Crippen LogP contribution in [0.4, 0.5) is 10.5 Å². The number of rotatable bonds is 6. The van der Waals surface area contributed by atoms with Crippen LogP contribution in [0.15, 0.2) is 24.3 Å². The smallest absolute Gasteiger partial charge is 0.306 e. The maximum absolute atomic E-state index is 13.7. The van der Waals surface area contributed by atoms with Gasteiger partial charge in [0.1, 0.15) is 0 Å². The third kappa shape index (κ3) is 8.01. The molecule has 10 heteroatoms. The molecule has 0 fully saturated rings. The van der Waals surface area contributed by atoms with Gasteiger partial charge >= 0.3 is 13.6 Å². The van der Waals surface area contributed by atoms with Crippen LogP contribution in [-0.4, -0.2) is 31.4 Å². The van der Waals surface area contributed by atoms with Gasteiger partial charge in [-0.1, -0.05) is 12.1 Å². The number of hydrogen-bond acceptors (Lipinski definition) is 6. The highest BCUT2D eigenvalue weighted by molar-refractivity contribution is 7.90. The SMILES string of the molecule is CCS(=O)(=O)NC(=O)Nc1ccccc1P(=O)(OC(C)(C)C)OC(C)(C)C. The van der Waals surface area contributed by atoms with Crippen molar-refractivity contribution in [2.75, 3.05) is 11.1 Å². The van der Waals surface area contributed by atoms with E-state index in [1.807, 2.05) is 4.72 Å². The molecule has 2 N–H and O–H groups in total. The van der Waals surface area contributed by atoms with E-state index < -0.39 is 34.9 Å². The van der Waals surface area contributed by atoms with Crippen LogP contribution in [0.3, 0.4) is 0 Å². The fourth-order valence-corrected chi connectivity index (χ4v) is 4.87. The summed E-state index contributed by atoms with van der Waals surface area (Å²) in [6.07, 6.45) is 0. The molecule has 1 aromatic rings. The van der Waals surface area contributed by atoms with Crippen LogP contribution in [0.25, 0.3) is 0 Å². The Morgan fingerprint density at radius 2 is 1.52 bits per heavy atom. The third-order valence-electron chi connectivity index (χ3n) is 2.86. The summed E-state index contributed by atoms with van der Waals surface area (Å²) in [7, 11) is -7.60. The van der Waals surface area contributed by atoms with E-state index in [9.17, 15) is 17.8 Å². The number of carbonyl (C=O) groups is 1. The topological polar surface area (TPSA) is 111 Å². The van der Waals surface area contributed by atoms with Crippen molar-refractivity contribution in [3.8, 4) is 0 Å². The molecule has 0 radical (unpaired) electrons. The minimum Gasteiger partial charge on any atom is -0.306 e. The van der Waals surface area contributed by atoms with Crippen LogP contribution < -0.4 is 15.3 Å². The average molecular weight is 420 g/mol. The molecule has 0 heterocycles. The quantitative estimate of drug-likeness (QED) is 0.680. The van der Waals surface area contributed by atoms with E-state index in [-0.39, 0.29) is 16.7 Å². The standard InChI is InChI=1S/C17H29N2O6PS/c1-8-27(22,23)19-15(20)18-13-11-9-10-12-14(13)26(21,24-16(2,3)4)25-17(5,6)7/h9-12H,8H2,1-7H3,(H2,18,19,20). The first-order valence-electron chi connectivity index (χ1n) is 8.49. The molecule has 8 nitrogen and oxygen atoms in total. The van der Waals surface area contributed by atoms with Gasteiger partial charge in [-0.15, -0.1) is 0 Å². The zero-order valence-corrected chi connectivity index (χ0v) is 18.5. The number of sulfonamides is 1. The highest BCUT2D eigenvalue weighted by Crippen LogP contribution is 2.54. The molecule has 27 heavy (non-hydrogen) atoms. The molecule has 2 amide bonds. The molecule has 0 aromatic heterocycles. The van der Waals surface area contributed by atoms with Gasteiger partial charge in [0.2, 0.25) is 10.0 Å². The van der Waals surface area contributed by atoms with Crippen LogP contribution in [0, 0.1) is 0 Å². The van der Waals surface area contributed by atoms with Crippen molar-refractivity contribution in [1.82, 2.24) is 4.72 Å². The van der Waals surface area contributed by atoms with Crippen LogP contribution in [0.5, 0.6) is 0 Å². The molecule has 0 spiro atoms. The zero-order chi connectivity index (χ0) is 21.1. The van der Waals surface area contributed by atoms with Crippen molar-refractivity contribution in [2.45, 2.75) is 59.7 Å². The number of para-hydroxylation sites is 1. The van der Waals surface area contributed by atoms with Crippen LogP contribution in [0.2, 0.25) is 0 Å². The maximum atomic E-state index is 13.7. The molecule has 0 aliphatic heterocycles. The number of amides is 2. The normalized spacial score (nSPS) is 13.3. The lowest BCUT2D eigenvalue weighted by atomic mass is 10.2. The zero-order valence-electron chi connectivity index (χ0n) is 16.8. The van der Waals surface area contributed by atoms with Crippen LogP contribution >= 0.6 is 7.60 Å². The summed E-state index contributed by atoms with van der Waals surface area (Å²) in [6.45, 7) is 11.8. The van der Waals surface area contributed by atoms with Gasteiger partial charge in [-0.25, -0.2) is 17.9 Å². The second-order valence-corrected chi connectivity index (χ2v) is 11.7. The molecule has 0 bridgehead atoms. The first-order chi connectivity index (χ1) is 12.1. The molecule has 1 rings (SSSR count). The van der Waals surface area contributed by atoms with Gasteiger partial charge in [-0.2, -0.15) is 0 Å². The Morgan fingerprint density at radius 1 is 1.04 bits per heavy atom. The minimum absolute atomic E-state index is 0.137. The van der Waals surface area contributed by atoms with E-state index in [4.69, 9.17) is 9.05 Å². The van der Waals surface area contributed by atoms with Crippen LogP contribution in [0.1, 0.15) is 48.5 Å². The number of hydrogen-bond donors (Lipinski definition) is 2. The Morgan fingerprint density at radius 3 is 1.96 bits per heavy atom. The second kappa shape index (κ2) is 8.31. The Bertz CT molecular complexity index is 805. The monoisotopic (exact) mass is 420 g/mol. The van der Waals surface area contributed by atoms with E-state index in [2.05, 4.69) is 5.32 Å². The number of nitrogens with one attached hydrogen (secondary N) is 2. The van der Waals surface area contributed by atoms with Gasteiger partial charge in [0.25, 0.3) is 0 Å². The van der Waals surface area contributed by atoms with Gasteiger partial charge in [0.05, 0.1) is 27.9 Å². The van der Waals surface area contributed by atoms with Gasteiger partial charge in [-0.05, 0) is 60.6 Å². The van der Waals surface area contributed by atoms with Gasteiger partial charge in [0, 0.05) is 0 Å². The number of urea groups is 1.